The Morgan fingerprint density at radius 3 is 1.83 bits per heavy atom. The highest BCUT2D eigenvalue weighted by atomic mass is 16.5. The highest BCUT2D eigenvalue weighted by Gasteiger charge is 2.16. The molecule has 0 saturated heterocycles. The van der Waals surface area contributed by atoms with E-state index in [1.54, 1.807) is 0 Å². The topological polar surface area (TPSA) is 47.6 Å². The summed E-state index contributed by atoms with van der Waals surface area (Å²) in [5.41, 5.74) is 2.13. The third-order valence-electron chi connectivity index (χ3n) is 4.52. The number of rotatable bonds is 10. The standard InChI is InChI=1S/C25H27NO3/c1-2-28-22-15-17-23(18-16-22)29-19-9-14-24(27)26-25(20-10-5-3-6-11-20)21-12-7-4-8-13-21/h3-8,10-13,15-18,25H,2,9,14,19H2,1H3,(H,26,27). The van der Waals surface area contributed by atoms with Gasteiger partial charge in [0, 0.05) is 6.42 Å². The lowest BCUT2D eigenvalue weighted by Gasteiger charge is -2.20. The zero-order valence-corrected chi connectivity index (χ0v) is 16.7. The van der Waals surface area contributed by atoms with Crippen LogP contribution in [0.5, 0.6) is 11.5 Å². The molecule has 3 aromatic rings. The van der Waals surface area contributed by atoms with Crippen molar-refractivity contribution in [2.75, 3.05) is 13.2 Å². The molecule has 0 saturated carbocycles. The van der Waals surface area contributed by atoms with Gasteiger partial charge in [0.2, 0.25) is 5.91 Å². The molecule has 4 nitrogen and oxygen atoms in total. The molecule has 0 atom stereocenters. The van der Waals surface area contributed by atoms with E-state index < -0.39 is 0 Å². The SMILES string of the molecule is CCOc1ccc(OCCCC(=O)NC(c2ccccc2)c2ccccc2)cc1. The van der Waals surface area contributed by atoms with Crippen LogP contribution < -0.4 is 14.8 Å². The summed E-state index contributed by atoms with van der Waals surface area (Å²) in [5, 5.41) is 3.16. The molecule has 0 aliphatic rings. The van der Waals surface area contributed by atoms with Gasteiger partial charge in [-0.15, -0.1) is 0 Å². The number of hydrogen-bond acceptors (Lipinski definition) is 3. The van der Waals surface area contributed by atoms with Gasteiger partial charge in [-0.3, -0.25) is 4.79 Å². The second-order valence-corrected chi connectivity index (χ2v) is 6.68. The Kier molecular flexibility index (Phi) is 7.70. The summed E-state index contributed by atoms with van der Waals surface area (Å²) < 4.78 is 11.1. The van der Waals surface area contributed by atoms with Gasteiger partial charge in [0.1, 0.15) is 11.5 Å². The Hall–Kier alpha value is -3.27. The Labute approximate surface area is 172 Å². The second-order valence-electron chi connectivity index (χ2n) is 6.68. The van der Waals surface area contributed by atoms with Crippen molar-refractivity contribution in [1.82, 2.24) is 5.32 Å². The van der Waals surface area contributed by atoms with Crippen molar-refractivity contribution < 1.29 is 14.3 Å². The fourth-order valence-electron chi connectivity index (χ4n) is 3.10. The smallest absolute Gasteiger partial charge is 0.220 e. The van der Waals surface area contributed by atoms with Crippen LogP contribution in [0.1, 0.15) is 36.9 Å². The average Bonchev–Trinajstić information content (AvgIpc) is 2.77. The van der Waals surface area contributed by atoms with Crippen LogP contribution in [-0.4, -0.2) is 19.1 Å². The fourth-order valence-corrected chi connectivity index (χ4v) is 3.10. The summed E-state index contributed by atoms with van der Waals surface area (Å²) in [7, 11) is 0. The van der Waals surface area contributed by atoms with Crippen LogP contribution >= 0.6 is 0 Å². The number of carbonyl (C=O) groups is 1. The predicted molar refractivity (Wildman–Crippen MR) is 115 cm³/mol. The van der Waals surface area contributed by atoms with Crippen molar-refractivity contribution in [3.05, 3.63) is 96.1 Å². The first-order chi connectivity index (χ1) is 14.3. The number of nitrogens with one attached hydrogen (secondary N) is 1. The minimum absolute atomic E-state index is 0.0120. The molecule has 0 radical (unpaired) electrons. The van der Waals surface area contributed by atoms with Gasteiger partial charge in [0.15, 0.2) is 0 Å². The molecule has 0 spiro atoms. The third kappa shape index (κ3) is 6.39. The van der Waals surface area contributed by atoms with Crippen LogP contribution in [0.2, 0.25) is 0 Å². The molecule has 0 aromatic heterocycles. The highest BCUT2D eigenvalue weighted by molar-refractivity contribution is 5.77. The number of hydrogen-bond donors (Lipinski definition) is 1. The van der Waals surface area contributed by atoms with E-state index in [1.807, 2.05) is 91.9 Å². The number of ether oxygens (including phenoxy) is 2. The van der Waals surface area contributed by atoms with Gasteiger partial charge >= 0.3 is 0 Å². The van der Waals surface area contributed by atoms with Crippen molar-refractivity contribution in [2.24, 2.45) is 0 Å². The van der Waals surface area contributed by atoms with E-state index in [2.05, 4.69) is 5.32 Å². The molecular formula is C25H27NO3. The maximum atomic E-state index is 12.5. The van der Waals surface area contributed by atoms with Crippen LogP contribution in [0, 0.1) is 0 Å². The van der Waals surface area contributed by atoms with Gasteiger partial charge in [-0.1, -0.05) is 60.7 Å². The number of carbonyl (C=O) groups excluding carboxylic acids is 1. The highest BCUT2D eigenvalue weighted by Crippen LogP contribution is 2.22. The van der Waals surface area contributed by atoms with E-state index in [1.165, 1.54) is 0 Å². The first kappa shape index (κ1) is 20.5. The molecule has 1 N–H and O–H groups in total. The summed E-state index contributed by atoms with van der Waals surface area (Å²) in [6, 6.07) is 27.4. The van der Waals surface area contributed by atoms with E-state index in [-0.39, 0.29) is 11.9 Å². The van der Waals surface area contributed by atoms with E-state index >= 15 is 0 Å². The van der Waals surface area contributed by atoms with Crippen LogP contribution in [-0.2, 0) is 4.79 Å². The summed E-state index contributed by atoms with van der Waals surface area (Å²) in [6.45, 7) is 3.08. The van der Waals surface area contributed by atoms with Gasteiger partial charge in [0.05, 0.1) is 19.3 Å². The zero-order valence-electron chi connectivity index (χ0n) is 16.7. The molecule has 4 heteroatoms. The summed E-state index contributed by atoms with van der Waals surface area (Å²) >= 11 is 0. The van der Waals surface area contributed by atoms with E-state index in [0.717, 1.165) is 22.6 Å². The lowest BCUT2D eigenvalue weighted by Crippen LogP contribution is -2.29. The minimum atomic E-state index is -0.156. The third-order valence-corrected chi connectivity index (χ3v) is 4.52. The zero-order chi connectivity index (χ0) is 20.3. The molecule has 0 bridgehead atoms. The molecule has 0 aliphatic carbocycles. The maximum Gasteiger partial charge on any atom is 0.220 e. The molecular weight excluding hydrogens is 362 g/mol. The van der Waals surface area contributed by atoms with Gasteiger partial charge in [-0.05, 0) is 48.7 Å². The Balaban J connectivity index is 1.50. The average molecular weight is 389 g/mol. The van der Waals surface area contributed by atoms with E-state index in [0.29, 0.717) is 26.1 Å². The van der Waals surface area contributed by atoms with Gasteiger partial charge < -0.3 is 14.8 Å². The molecule has 0 aliphatic heterocycles. The van der Waals surface area contributed by atoms with Crippen molar-refractivity contribution in [2.45, 2.75) is 25.8 Å². The first-order valence-electron chi connectivity index (χ1n) is 10.0. The molecule has 0 fully saturated rings. The van der Waals surface area contributed by atoms with E-state index in [9.17, 15) is 4.79 Å². The van der Waals surface area contributed by atoms with Gasteiger partial charge in [-0.25, -0.2) is 0 Å². The minimum Gasteiger partial charge on any atom is -0.494 e. The van der Waals surface area contributed by atoms with Crippen LogP contribution in [0.15, 0.2) is 84.9 Å². The number of amides is 1. The Bertz CT molecular complexity index is 824. The summed E-state index contributed by atoms with van der Waals surface area (Å²) in [5.74, 6) is 1.62. The van der Waals surface area contributed by atoms with Crippen LogP contribution in [0.3, 0.4) is 0 Å². The maximum absolute atomic E-state index is 12.5. The monoisotopic (exact) mass is 389 g/mol. The number of benzene rings is 3. The van der Waals surface area contributed by atoms with Crippen molar-refractivity contribution in [1.29, 1.82) is 0 Å². The summed E-state index contributed by atoms with van der Waals surface area (Å²) in [4.78, 5) is 12.5. The van der Waals surface area contributed by atoms with Gasteiger partial charge in [-0.2, -0.15) is 0 Å². The lowest BCUT2D eigenvalue weighted by molar-refractivity contribution is -0.121. The van der Waals surface area contributed by atoms with E-state index in [4.69, 9.17) is 9.47 Å². The Morgan fingerprint density at radius 1 is 0.793 bits per heavy atom. The molecule has 3 rings (SSSR count). The molecule has 0 unspecified atom stereocenters. The largest absolute Gasteiger partial charge is 0.494 e. The fraction of sp³-hybridized carbons (Fsp3) is 0.240. The lowest BCUT2D eigenvalue weighted by atomic mass is 9.98. The summed E-state index contributed by atoms with van der Waals surface area (Å²) in [6.07, 6.45) is 1.06. The Morgan fingerprint density at radius 2 is 1.31 bits per heavy atom. The molecule has 3 aromatic carbocycles. The first-order valence-corrected chi connectivity index (χ1v) is 10.0. The molecule has 150 valence electrons. The quantitative estimate of drug-likeness (QED) is 0.488. The van der Waals surface area contributed by atoms with Crippen LogP contribution in [0.25, 0.3) is 0 Å². The van der Waals surface area contributed by atoms with Crippen molar-refractivity contribution in [3.63, 3.8) is 0 Å². The van der Waals surface area contributed by atoms with Crippen molar-refractivity contribution in [3.8, 4) is 11.5 Å². The predicted octanol–water partition coefficient (Wildman–Crippen LogP) is 5.15. The molecule has 1 amide bonds. The van der Waals surface area contributed by atoms with Crippen molar-refractivity contribution >= 4 is 5.91 Å². The van der Waals surface area contributed by atoms with Gasteiger partial charge in [0.25, 0.3) is 0 Å². The van der Waals surface area contributed by atoms with Crippen LogP contribution in [0.4, 0.5) is 0 Å². The second kappa shape index (κ2) is 10.9. The normalized spacial score (nSPS) is 10.6. The molecule has 29 heavy (non-hydrogen) atoms. The molecule has 0 heterocycles.